The van der Waals surface area contributed by atoms with E-state index in [4.69, 9.17) is 9.47 Å². The number of rotatable bonds is 4. The van der Waals surface area contributed by atoms with E-state index in [2.05, 4.69) is 0 Å². The average Bonchev–Trinajstić information content (AvgIpc) is 2.54. The van der Waals surface area contributed by atoms with Crippen molar-refractivity contribution in [1.82, 2.24) is 0 Å². The Morgan fingerprint density at radius 3 is 2.50 bits per heavy atom. The van der Waals surface area contributed by atoms with Crippen molar-refractivity contribution >= 4 is 17.1 Å². The Labute approximate surface area is 73.7 Å². The van der Waals surface area contributed by atoms with Crippen LogP contribution < -0.4 is 0 Å². The maximum absolute atomic E-state index is 11.1. The summed E-state index contributed by atoms with van der Waals surface area (Å²) in [6, 6.07) is 0. The highest BCUT2D eigenvalue weighted by atomic mass is 32.2. The molecule has 70 valence electrons. The molecule has 4 nitrogen and oxygen atoms in total. The summed E-state index contributed by atoms with van der Waals surface area (Å²) >= 11 is 0. The standard InChI is InChI=1S/C7H12O4S/c1-2-12(9)6-7(5-8)10-3-4-11-7/h5H,2-4,6H2,1H3. The number of carbonyl (C=O) groups excluding carboxylic acids is 1. The first kappa shape index (κ1) is 9.83. The van der Waals surface area contributed by atoms with Crippen molar-refractivity contribution < 1.29 is 18.5 Å². The predicted molar refractivity (Wildman–Crippen MR) is 44.2 cm³/mol. The van der Waals surface area contributed by atoms with Crippen LogP contribution in [0.25, 0.3) is 0 Å². The monoisotopic (exact) mass is 192 g/mol. The zero-order chi connectivity index (χ0) is 9.03. The lowest BCUT2D eigenvalue weighted by atomic mass is 10.4. The topological polar surface area (TPSA) is 52.6 Å². The van der Waals surface area contributed by atoms with Crippen LogP contribution in [0, 0.1) is 0 Å². The first-order valence-electron chi connectivity index (χ1n) is 3.81. The summed E-state index contributed by atoms with van der Waals surface area (Å²) in [5.74, 6) is -0.559. The maximum Gasteiger partial charge on any atom is 0.237 e. The number of aldehydes is 1. The quantitative estimate of drug-likeness (QED) is 0.574. The molecule has 0 aromatic heterocycles. The molecule has 5 heteroatoms. The predicted octanol–water partition coefficient (Wildman–Crippen LogP) is -0.303. The van der Waals surface area contributed by atoms with Gasteiger partial charge in [-0.05, 0) is 0 Å². The van der Waals surface area contributed by atoms with Gasteiger partial charge >= 0.3 is 0 Å². The van der Waals surface area contributed by atoms with E-state index in [1.165, 1.54) is 0 Å². The largest absolute Gasteiger partial charge is 0.341 e. The summed E-state index contributed by atoms with van der Waals surface area (Å²) in [5, 5.41) is 0. The molecule has 0 N–H and O–H groups in total. The third-order valence-corrected chi connectivity index (χ3v) is 3.01. The summed E-state index contributed by atoms with van der Waals surface area (Å²) < 4.78 is 21.3. The third kappa shape index (κ3) is 2.12. The second kappa shape index (κ2) is 4.11. The van der Waals surface area contributed by atoms with E-state index in [1.807, 2.05) is 0 Å². The molecule has 0 aromatic carbocycles. The minimum Gasteiger partial charge on any atom is -0.341 e. The summed E-state index contributed by atoms with van der Waals surface area (Å²) in [5.41, 5.74) is 0. The normalized spacial score (nSPS) is 23.8. The van der Waals surface area contributed by atoms with Gasteiger partial charge in [-0.2, -0.15) is 0 Å². The highest BCUT2D eigenvalue weighted by Crippen LogP contribution is 2.17. The minimum absolute atomic E-state index is 0.146. The van der Waals surface area contributed by atoms with E-state index in [1.54, 1.807) is 6.92 Å². The molecule has 1 fully saturated rings. The smallest absolute Gasteiger partial charge is 0.237 e. The van der Waals surface area contributed by atoms with Crippen LogP contribution in [0.5, 0.6) is 0 Å². The van der Waals surface area contributed by atoms with Crippen molar-refractivity contribution in [3.63, 3.8) is 0 Å². The van der Waals surface area contributed by atoms with E-state index in [0.717, 1.165) is 0 Å². The fourth-order valence-electron chi connectivity index (χ4n) is 0.982. The highest BCUT2D eigenvalue weighted by molar-refractivity contribution is 7.85. The molecule has 0 aromatic rings. The van der Waals surface area contributed by atoms with Gasteiger partial charge in [0.25, 0.3) is 0 Å². The molecule has 1 rings (SSSR count). The summed E-state index contributed by atoms with van der Waals surface area (Å²) in [6.45, 7) is 2.60. The van der Waals surface area contributed by atoms with Gasteiger partial charge in [-0.15, -0.1) is 0 Å². The van der Waals surface area contributed by atoms with Gasteiger partial charge in [0.2, 0.25) is 5.79 Å². The van der Waals surface area contributed by atoms with Gasteiger partial charge in [-0.3, -0.25) is 9.00 Å². The van der Waals surface area contributed by atoms with Gasteiger partial charge in [0.15, 0.2) is 6.29 Å². The first-order valence-corrected chi connectivity index (χ1v) is 5.30. The third-order valence-electron chi connectivity index (χ3n) is 1.64. The molecule has 1 saturated heterocycles. The number of carbonyl (C=O) groups is 1. The van der Waals surface area contributed by atoms with Crippen molar-refractivity contribution in [3.05, 3.63) is 0 Å². The molecule has 0 saturated carbocycles. The Kier molecular flexibility index (Phi) is 3.37. The Balaban J connectivity index is 2.55. The second-order valence-corrected chi connectivity index (χ2v) is 4.25. The van der Waals surface area contributed by atoms with Crippen LogP contribution >= 0.6 is 0 Å². The van der Waals surface area contributed by atoms with Crippen molar-refractivity contribution in [2.24, 2.45) is 0 Å². The zero-order valence-electron chi connectivity index (χ0n) is 6.95. The molecule has 0 aliphatic carbocycles. The number of hydrogen-bond acceptors (Lipinski definition) is 4. The molecule has 1 aliphatic rings. The molecule has 0 radical (unpaired) electrons. The van der Waals surface area contributed by atoms with Crippen molar-refractivity contribution in [1.29, 1.82) is 0 Å². The molecule has 0 bridgehead atoms. The van der Waals surface area contributed by atoms with Crippen LogP contribution in [0.15, 0.2) is 0 Å². The minimum atomic E-state index is -1.22. The lowest BCUT2D eigenvalue weighted by Gasteiger charge is -2.18. The molecule has 1 atom stereocenters. The molecular formula is C7H12O4S. The SMILES string of the molecule is CCS(=O)CC1(C=O)OCCO1. The summed E-state index contributed by atoms with van der Waals surface area (Å²) in [4.78, 5) is 10.6. The lowest BCUT2D eigenvalue weighted by Crippen LogP contribution is -2.38. The molecule has 1 unspecified atom stereocenters. The van der Waals surface area contributed by atoms with Crippen LogP contribution in [-0.2, 0) is 25.1 Å². The van der Waals surface area contributed by atoms with E-state index in [0.29, 0.717) is 25.3 Å². The Morgan fingerprint density at radius 2 is 2.08 bits per heavy atom. The van der Waals surface area contributed by atoms with Gasteiger partial charge < -0.3 is 9.47 Å². The second-order valence-electron chi connectivity index (χ2n) is 2.50. The molecular weight excluding hydrogens is 180 g/mol. The average molecular weight is 192 g/mol. The molecule has 12 heavy (non-hydrogen) atoms. The van der Waals surface area contributed by atoms with Gasteiger partial charge in [0.05, 0.1) is 19.0 Å². The van der Waals surface area contributed by atoms with Gasteiger partial charge in [-0.25, -0.2) is 0 Å². The van der Waals surface area contributed by atoms with Crippen molar-refractivity contribution in [2.45, 2.75) is 12.7 Å². The summed E-state index contributed by atoms with van der Waals surface area (Å²) in [6.07, 6.45) is 0.591. The van der Waals surface area contributed by atoms with E-state index >= 15 is 0 Å². The van der Waals surface area contributed by atoms with E-state index in [9.17, 15) is 9.00 Å². The highest BCUT2D eigenvalue weighted by Gasteiger charge is 2.37. The van der Waals surface area contributed by atoms with Gasteiger partial charge in [-0.1, -0.05) is 6.92 Å². The van der Waals surface area contributed by atoms with Crippen LogP contribution in [0.2, 0.25) is 0 Å². The van der Waals surface area contributed by atoms with Crippen LogP contribution in [0.1, 0.15) is 6.92 Å². The van der Waals surface area contributed by atoms with E-state index in [-0.39, 0.29) is 5.75 Å². The zero-order valence-corrected chi connectivity index (χ0v) is 7.76. The fraction of sp³-hybridized carbons (Fsp3) is 0.857. The number of ether oxygens (including phenoxy) is 2. The molecule has 1 aliphatic heterocycles. The van der Waals surface area contributed by atoms with Gasteiger partial charge in [0, 0.05) is 16.6 Å². The lowest BCUT2D eigenvalue weighted by molar-refractivity contribution is -0.158. The van der Waals surface area contributed by atoms with Crippen LogP contribution in [0.3, 0.4) is 0 Å². The number of hydrogen-bond donors (Lipinski definition) is 0. The fourth-order valence-corrected chi connectivity index (χ4v) is 1.87. The van der Waals surface area contributed by atoms with Crippen molar-refractivity contribution in [2.75, 3.05) is 24.7 Å². The van der Waals surface area contributed by atoms with Gasteiger partial charge in [0.1, 0.15) is 0 Å². The molecule has 1 heterocycles. The van der Waals surface area contributed by atoms with E-state index < -0.39 is 16.6 Å². The summed E-state index contributed by atoms with van der Waals surface area (Å²) in [7, 11) is -1.04. The maximum atomic E-state index is 11.1. The molecule has 0 amide bonds. The Hall–Kier alpha value is -0.260. The van der Waals surface area contributed by atoms with Crippen LogP contribution in [0.4, 0.5) is 0 Å². The van der Waals surface area contributed by atoms with Crippen LogP contribution in [-0.4, -0.2) is 41.0 Å². The van der Waals surface area contributed by atoms with Crippen molar-refractivity contribution in [3.8, 4) is 0 Å². The molecule has 0 spiro atoms. The Morgan fingerprint density at radius 1 is 1.50 bits per heavy atom. The first-order chi connectivity index (χ1) is 5.72. The Bertz CT molecular complexity index is 186.